The molecule has 0 aliphatic heterocycles. The molecule has 29 heavy (non-hydrogen) atoms. The molecule has 2 aromatic rings. The minimum atomic E-state index is -3.58. The lowest BCUT2D eigenvalue weighted by Crippen LogP contribution is -2.35. The van der Waals surface area contributed by atoms with Gasteiger partial charge in [0.2, 0.25) is 15.9 Å². The molecule has 0 saturated carbocycles. The maximum Gasteiger partial charge on any atom is 0.253 e. The van der Waals surface area contributed by atoms with Crippen molar-refractivity contribution in [2.75, 3.05) is 36.9 Å². The molecule has 0 radical (unpaired) electrons. The van der Waals surface area contributed by atoms with E-state index in [0.29, 0.717) is 12.2 Å². The first-order valence-electron chi connectivity index (χ1n) is 8.96. The summed E-state index contributed by atoms with van der Waals surface area (Å²) in [6.45, 7) is 1.67. The highest BCUT2D eigenvalue weighted by Gasteiger charge is 2.19. The Labute approximate surface area is 171 Å². The molecule has 3 N–H and O–H groups in total. The van der Waals surface area contributed by atoms with Gasteiger partial charge >= 0.3 is 0 Å². The number of carbonyl (C=O) groups is 2. The third kappa shape index (κ3) is 6.88. The molecule has 1 unspecified atom stereocenters. The smallest absolute Gasteiger partial charge is 0.253 e. The summed E-state index contributed by atoms with van der Waals surface area (Å²) in [5.41, 5.74) is 1.70. The highest BCUT2D eigenvalue weighted by atomic mass is 32.2. The predicted octanol–water partition coefficient (Wildman–Crippen LogP) is 2.05. The Hall–Kier alpha value is -2.91. The van der Waals surface area contributed by atoms with Crippen LogP contribution in [0.15, 0.2) is 48.5 Å². The average molecular weight is 419 g/mol. The normalized spacial score (nSPS) is 12.3. The number of anilines is 2. The molecular formula is C20H26N4O4S. The second kappa shape index (κ2) is 9.53. The molecule has 2 aromatic carbocycles. The zero-order valence-corrected chi connectivity index (χ0v) is 17.7. The SMILES string of the molecule is CC(=O)Nc1ccc(NS(C)(=O)=O)c(C(=O)NCC(c2ccccc2)N(C)C)c1. The zero-order valence-electron chi connectivity index (χ0n) is 16.9. The molecule has 2 rings (SSSR count). The van der Waals surface area contributed by atoms with Gasteiger partial charge in [-0.3, -0.25) is 14.3 Å². The van der Waals surface area contributed by atoms with Gasteiger partial charge < -0.3 is 15.5 Å². The lowest BCUT2D eigenvalue weighted by Gasteiger charge is -2.25. The van der Waals surface area contributed by atoms with Crippen LogP contribution in [0.5, 0.6) is 0 Å². The number of amides is 2. The number of benzene rings is 2. The van der Waals surface area contributed by atoms with E-state index in [2.05, 4.69) is 15.4 Å². The van der Waals surface area contributed by atoms with Crippen molar-refractivity contribution in [1.82, 2.24) is 10.2 Å². The van der Waals surface area contributed by atoms with Gasteiger partial charge in [-0.1, -0.05) is 30.3 Å². The largest absolute Gasteiger partial charge is 0.350 e. The number of nitrogens with zero attached hydrogens (tertiary/aromatic N) is 1. The molecular weight excluding hydrogens is 392 g/mol. The van der Waals surface area contributed by atoms with Crippen molar-refractivity contribution < 1.29 is 18.0 Å². The average Bonchev–Trinajstić information content (AvgIpc) is 2.62. The highest BCUT2D eigenvalue weighted by Crippen LogP contribution is 2.23. The van der Waals surface area contributed by atoms with E-state index < -0.39 is 15.9 Å². The molecule has 0 heterocycles. The van der Waals surface area contributed by atoms with Gasteiger partial charge in [-0.05, 0) is 37.9 Å². The van der Waals surface area contributed by atoms with Crippen molar-refractivity contribution in [2.45, 2.75) is 13.0 Å². The summed E-state index contributed by atoms with van der Waals surface area (Å²) in [6.07, 6.45) is 1.01. The van der Waals surface area contributed by atoms with Crippen LogP contribution in [0.25, 0.3) is 0 Å². The number of rotatable bonds is 8. The van der Waals surface area contributed by atoms with E-state index in [1.165, 1.54) is 25.1 Å². The maximum absolute atomic E-state index is 12.9. The van der Waals surface area contributed by atoms with Crippen LogP contribution < -0.4 is 15.4 Å². The van der Waals surface area contributed by atoms with Crippen LogP contribution in [0, 0.1) is 0 Å². The predicted molar refractivity (Wildman–Crippen MR) is 114 cm³/mol. The molecule has 2 amide bonds. The number of hydrogen-bond acceptors (Lipinski definition) is 5. The number of nitrogens with one attached hydrogen (secondary N) is 3. The van der Waals surface area contributed by atoms with Gasteiger partial charge in [0.05, 0.1) is 23.5 Å². The van der Waals surface area contributed by atoms with Gasteiger partial charge in [-0.15, -0.1) is 0 Å². The Kier molecular flexibility index (Phi) is 7.35. The zero-order chi connectivity index (χ0) is 21.6. The van der Waals surface area contributed by atoms with E-state index in [1.54, 1.807) is 0 Å². The molecule has 0 aliphatic rings. The monoisotopic (exact) mass is 418 g/mol. The second-order valence-corrected chi connectivity index (χ2v) is 8.66. The molecule has 0 aliphatic carbocycles. The fourth-order valence-electron chi connectivity index (χ4n) is 2.86. The van der Waals surface area contributed by atoms with Crippen LogP contribution >= 0.6 is 0 Å². The Bertz CT molecular complexity index is 975. The van der Waals surface area contributed by atoms with Gasteiger partial charge in [0.15, 0.2) is 0 Å². The Morgan fingerprint density at radius 3 is 2.28 bits per heavy atom. The van der Waals surface area contributed by atoms with Crippen LogP contribution in [0.2, 0.25) is 0 Å². The van der Waals surface area contributed by atoms with Crippen molar-refractivity contribution in [3.05, 3.63) is 59.7 Å². The van der Waals surface area contributed by atoms with Crippen molar-refractivity contribution in [3.8, 4) is 0 Å². The standard InChI is InChI=1S/C20H26N4O4S/c1-14(25)22-16-10-11-18(23-29(4,27)28)17(12-16)20(26)21-13-19(24(2)3)15-8-6-5-7-9-15/h5-12,19,23H,13H2,1-4H3,(H,21,26)(H,22,25). The van der Waals surface area contributed by atoms with Crippen molar-refractivity contribution in [3.63, 3.8) is 0 Å². The number of carbonyl (C=O) groups excluding carboxylic acids is 2. The summed E-state index contributed by atoms with van der Waals surface area (Å²) in [5.74, 6) is -0.747. The third-order valence-electron chi connectivity index (χ3n) is 4.14. The first-order valence-corrected chi connectivity index (χ1v) is 10.8. The van der Waals surface area contributed by atoms with Crippen LogP contribution in [0.3, 0.4) is 0 Å². The fraction of sp³-hybridized carbons (Fsp3) is 0.300. The minimum Gasteiger partial charge on any atom is -0.350 e. The Balaban J connectivity index is 2.27. The quantitative estimate of drug-likeness (QED) is 0.608. The van der Waals surface area contributed by atoms with Crippen LogP contribution in [-0.2, 0) is 14.8 Å². The van der Waals surface area contributed by atoms with E-state index in [0.717, 1.165) is 11.8 Å². The van der Waals surface area contributed by atoms with Gasteiger partial charge in [-0.25, -0.2) is 8.42 Å². The number of likely N-dealkylation sites (N-methyl/N-ethyl adjacent to an activating group) is 1. The topological polar surface area (TPSA) is 108 Å². The van der Waals surface area contributed by atoms with Crippen LogP contribution in [0.1, 0.15) is 28.9 Å². The summed E-state index contributed by atoms with van der Waals surface area (Å²) in [6, 6.07) is 14.1. The molecule has 0 aromatic heterocycles. The van der Waals surface area contributed by atoms with E-state index in [-0.39, 0.29) is 23.2 Å². The molecule has 0 saturated heterocycles. The highest BCUT2D eigenvalue weighted by molar-refractivity contribution is 7.92. The lowest BCUT2D eigenvalue weighted by atomic mass is 10.1. The number of sulfonamides is 1. The molecule has 1 atom stereocenters. The molecule has 0 spiro atoms. The van der Waals surface area contributed by atoms with E-state index in [9.17, 15) is 18.0 Å². The molecule has 0 bridgehead atoms. The summed E-state index contributed by atoms with van der Waals surface area (Å²) < 4.78 is 25.7. The lowest BCUT2D eigenvalue weighted by molar-refractivity contribution is -0.114. The van der Waals surface area contributed by atoms with Crippen molar-refractivity contribution >= 4 is 33.2 Å². The van der Waals surface area contributed by atoms with Crippen LogP contribution in [-0.4, -0.2) is 52.0 Å². The van der Waals surface area contributed by atoms with Crippen molar-refractivity contribution in [1.29, 1.82) is 0 Å². The summed E-state index contributed by atoms with van der Waals surface area (Å²) >= 11 is 0. The summed E-state index contributed by atoms with van der Waals surface area (Å²) in [4.78, 5) is 26.2. The maximum atomic E-state index is 12.9. The van der Waals surface area contributed by atoms with Gasteiger partial charge in [0.25, 0.3) is 5.91 Å². The van der Waals surface area contributed by atoms with Crippen molar-refractivity contribution in [2.24, 2.45) is 0 Å². The third-order valence-corrected chi connectivity index (χ3v) is 4.73. The van der Waals surface area contributed by atoms with Gasteiger partial charge in [0, 0.05) is 19.2 Å². The molecule has 0 fully saturated rings. The number of hydrogen-bond donors (Lipinski definition) is 3. The van der Waals surface area contributed by atoms with E-state index in [1.807, 2.05) is 49.3 Å². The Morgan fingerprint density at radius 1 is 1.07 bits per heavy atom. The summed E-state index contributed by atoms with van der Waals surface area (Å²) in [5, 5.41) is 5.45. The van der Waals surface area contributed by atoms with Gasteiger partial charge in [-0.2, -0.15) is 0 Å². The van der Waals surface area contributed by atoms with Crippen LogP contribution in [0.4, 0.5) is 11.4 Å². The first-order chi connectivity index (χ1) is 13.6. The summed E-state index contributed by atoms with van der Waals surface area (Å²) in [7, 11) is 0.247. The fourth-order valence-corrected chi connectivity index (χ4v) is 3.44. The molecule has 8 nitrogen and oxygen atoms in total. The van der Waals surface area contributed by atoms with E-state index >= 15 is 0 Å². The minimum absolute atomic E-state index is 0.0648. The molecule has 156 valence electrons. The van der Waals surface area contributed by atoms with E-state index in [4.69, 9.17) is 0 Å². The van der Waals surface area contributed by atoms with Gasteiger partial charge in [0.1, 0.15) is 0 Å². The molecule has 9 heteroatoms. The first kappa shape index (κ1) is 22.4. The Morgan fingerprint density at radius 2 is 1.72 bits per heavy atom. The second-order valence-electron chi connectivity index (χ2n) is 6.92.